The number of nitrogens with zero attached hydrogens (tertiary/aromatic N) is 2. The minimum absolute atomic E-state index is 0. The van der Waals surface area contributed by atoms with Crippen LogP contribution in [0.15, 0.2) is 29.3 Å². The molecule has 3 rings (SSSR count). The molecule has 0 aromatic heterocycles. The van der Waals surface area contributed by atoms with E-state index < -0.39 is 9.84 Å². The first-order chi connectivity index (χ1) is 11.4. The molecule has 2 aliphatic heterocycles. The fourth-order valence-electron chi connectivity index (χ4n) is 3.33. The van der Waals surface area contributed by atoms with Gasteiger partial charge in [-0.3, -0.25) is 4.99 Å². The predicted octanol–water partition coefficient (Wildman–Crippen LogP) is 2.70. The molecule has 0 saturated carbocycles. The Morgan fingerprint density at radius 1 is 1.36 bits per heavy atom. The van der Waals surface area contributed by atoms with Gasteiger partial charge in [0.25, 0.3) is 0 Å². The van der Waals surface area contributed by atoms with Crippen molar-refractivity contribution in [1.82, 2.24) is 5.32 Å². The molecule has 1 atom stereocenters. The Bertz CT molecular complexity index is 719. The van der Waals surface area contributed by atoms with E-state index in [0.717, 1.165) is 31.9 Å². The van der Waals surface area contributed by atoms with Crippen LogP contribution in [0.4, 0.5) is 5.69 Å². The summed E-state index contributed by atoms with van der Waals surface area (Å²) in [7, 11) is -2.83. The maximum atomic E-state index is 11.7. The molecule has 0 amide bonds. The Labute approximate surface area is 168 Å². The predicted molar refractivity (Wildman–Crippen MR) is 115 cm³/mol. The number of fused-ring (bicyclic) bond motifs is 1. The first-order valence-corrected chi connectivity index (χ1v) is 10.6. The van der Waals surface area contributed by atoms with Gasteiger partial charge in [0.15, 0.2) is 15.8 Å². The highest BCUT2D eigenvalue weighted by atomic mass is 127. The Kier molecular flexibility index (Phi) is 7.13. The molecule has 1 N–H and O–H groups in total. The molecule has 0 bridgehead atoms. The second-order valence-corrected chi connectivity index (χ2v) is 9.47. The summed E-state index contributed by atoms with van der Waals surface area (Å²) < 4.78 is 23.3. The number of hydrogen-bond donors (Lipinski definition) is 1. The highest BCUT2D eigenvalue weighted by molar-refractivity contribution is 14.0. The Balaban J connectivity index is 0.00000225. The number of rotatable bonds is 4. The van der Waals surface area contributed by atoms with Crippen LogP contribution >= 0.6 is 24.0 Å². The Hall–Kier alpha value is -0.830. The van der Waals surface area contributed by atoms with Crippen molar-refractivity contribution >= 4 is 45.5 Å². The maximum Gasteiger partial charge on any atom is 0.198 e. The van der Waals surface area contributed by atoms with Crippen molar-refractivity contribution < 1.29 is 8.42 Å². The maximum absolute atomic E-state index is 11.7. The lowest BCUT2D eigenvalue weighted by Crippen LogP contribution is -2.43. The third-order valence-corrected chi connectivity index (χ3v) is 6.46. The molecule has 1 aromatic carbocycles. The molecule has 140 valence electrons. The van der Waals surface area contributed by atoms with Crippen LogP contribution < -0.4 is 10.2 Å². The number of aliphatic imine (C=N–C) groups is 1. The number of sulfone groups is 1. The number of anilines is 1. The molecule has 0 radical (unpaired) electrons. The van der Waals surface area contributed by atoms with E-state index in [1.165, 1.54) is 11.3 Å². The summed E-state index contributed by atoms with van der Waals surface area (Å²) in [5.74, 6) is 2.19. The summed E-state index contributed by atoms with van der Waals surface area (Å²) in [4.78, 5) is 7.02. The van der Waals surface area contributed by atoms with Crippen LogP contribution in [0.3, 0.4) is 0 Å². The van der Waals surface area contributed by atoms with Crippen LogP contribution in [0.1, 0.15) is 25.8 Å². The summed E-state index contributed by atoms with van der Waals surface area (Å²) in [6.07, 6.45) is 1.78. The third-order valence-electron chi connectivity index (χ3n) is 4.62. The van der Waals surface area contributed by atoms with Crippen LogP contribution in [0.2, 0.25) is 0 Å². The zero-order chi connectivity index (χ0) is 17.2. The number of guanidine groups is 1. The minimum Gasteiger partial charge on any atom is -0.356 e. The summed E-state index contributed by atoms with van der Waals surface area (Å²) in [6.45, 7) is 6.68. The molecule has 1 fully saturated rings. The third kappa shape index (κ3) is 5.32. The van der Waals surface area contributed by atoms with Gasteiger partial charge in [-0.1, -0.05) is 32.0 Å². The number of para-hydroxylation sites is 1. The number of halogens is 1. The molecule has 5 nitrogen and oxygen atoms in total. The van der Waals surface area contributed by atoms with Gasteiger partial charge in [0.2, 0.25) is 0 Å². The minimum atomic E-state index is -2.83. The van der Waals surface area contributed by atoms with Crippen molar-refractivity contribution in [3.63, 3.8) is 0 Å². The molecule has 0 aliphatic carbocycles. The van der Waals surface area contributed by atoms with E-state index in [9.17, 15) is 8.42 Å². The van der Waals surface area contributed by atoms with Gasteiger partial charge >= 0.3 is 0 Å². The number of benzene rings is 1. The first-order valence-electron chi connectivity index (χ1n) is 8.79. The average molecular weight is 477 g/mol. The smallest absolute Gasteiger partial charge is 0.198 e. The molecule has 7 heteroatoms. The quantitative estimate of drug-likeness (QED) is 0.412. The van der Waals surface area contributed by atoms with Crippen LogP contribution in [0.25, 0.3) is 0 Å². The molecule has 1 aromatic rings. The first kappa shape index (κ1) is 20.5. The zero-order valence-corrected chi connectivity index (χ0v) is 18.1. The molecule has 25 heavy (non-hydrogen) atoms. The van der Waals surface area contributed by atoms with E-state index in [4.69, 9.17) is 4.99 Å². The topological polar surface area (TPSA) is 61.8 Å². The molecular weight excluding hydrogens is 449 g/mol. The molecule has 2 heterocycles. The highest BCUT2D eigenvalue weighted by Crippen LogP contribution is 2.27. The van der Waals surface area contributed by atoms with Gasteiger partial charge < -0.3 is 10.2 Å². The van der Waals surface area contributed by atoms with E-state index in [0.29, 0.717) is 24.0 Å². The van der Waals surface area contributed by atoms with Crippen LogP contribution in [0, 0.1) is 11.8 Å². The molecule has 0 spiro atoms. The van der Waals surface area contributed by atoms with Gasteiger partial charge in [-0.15, -0.1) is 24.0 Å². The number of nitrogens with one attached hydrogen (secondary N) is 1. The van der Waals surface area contributed by atoms with Crippen molar-refractivity contribution in [2.45, 2.75) is 26.7 Å². The van der Waals surface area contributed by atoms with Crippen LogP contribution in [-0.2, 0) is 16.3 Å². The summed E-state index contributed by atoms with van der Waals surface area (Å²) >= 11 is 0. The van der Waals surface area contributed by atoms with Gasteiger partial charge in [0.1, 0.15) is 0 Å². The fourth-order valence-corrected chi connectivity index (χ4v) is 5.19. The van der Waals surface area contributed by atoms with E-state index in [-0.39, 0.29) is 29.9 Å². The lowest BCUT2D eigenvalue weighted by atomic mass is 10.1. The lowest BCUT2D eigenvalue weighted by Gasteiger charge is -2.24. The zero-order valence-electron chi connectivity index (χ0n) is 14.9. The van der Waals surface area contributed by atoms with Crippen LogP contribution in [0.5, 0.6) is 0 Å². The van der Waals surface area contributed by atoms with Gasteiger partial charge in [0, 0.05) is 25.3 Å². The van der Waals surface area contributed by atoms with Crippen molar-refractivity contribution in [2.24, 2.45) is 16.8 Å². The van der Waals surface area contributed by atoms with Crippen LogP contribution in [-0.4, -0.2) is 45.5 Å². The SMILES string of the molecule is CC(C)CN=C(NCC1CCS(=O)(=O)C1)N1CCc2ccccc21.I. The Morgan fingerprint density at radius 2 is 2.12 bits per heavy atom. The van der Waals surface area contributed by atoms with Crippen molar-refractivity contribution in [2.75, 3.05) is 36.0 Å². The highest BCUT2D eigenvalue weighted by Gasteiger charge is 2.29. The van der Waals surface area contributed by atoms with Crippen molar-refractivity contribution in [3.05, 3.63) is 29.8 Å². The summed E-state index contributed by atoms with van der Waals surface area (Å²) in [5, 5.41) is 3.45. The van der Waals surface area contributed by atoms with E-state index in [1.54, 1.807) is 0 Å². The molecule has 1 saturated heterocycles. The largest absolute Gasteiger partial charge is 0.356 e. The second kappa shape index (κ2) is 8.70. The Morgan fingerprint density at radius 3 is 2.80 bits per heavy atom. The molecule has 2 aliphatic rings. The fraction of sp³-hybridized carbons (Fsp3) is 0.611. The molecular formula is C18H28IN3O2S. The summed E-state index contributed by atoms with van der Waals surface area (Å²) in [6, 6.07) is 8.43. The average Bonchev–Trinajstić information content (AvgIpc) is 3.10. The molecule has 1 unspecified atom stereocenters. The van der Waals surface area contributed by atoms with Gasteiger partial charge in [-0.25, -0.2) is 8.42 Å². The van der Waals surface area contributed by atoms with Crippen molar-refractivity contribution in [3.8, 4) is 0 Å². The second-order valence-electron chi connectivity index (χ2n) is 7.24. The van der Waals surface area contributed by atoms with Gasteiger partial charge in [0.05, 0.1) is 11.5 Å². The summed E-state index contributed by atoms with van der Waals surface area (Å²) in [5.41, 5.74) is 2.56. The van der Waals surface area contributed by atoms with E-state index >= 15 is 0 Å². The van der Waals surface area contributed by atoms with Gasteiger partial charge in [-0.05, 0) is 36.3 Å². The van der Waals surface area contributed by atoms with E-state index in [1.807, 2.05) is 0 Å². The van der Waals surface area contributed by atoms with E-state index in [2.05, 4.69) is 48.3 Å². The standard InChI is InChI=1S/C18H27N3O2S.HI/c1-14(2)11-19-18(20-12-15-8-10-24(22,23)13-15)21-9-7-16-5-3-4-6-17(16)21;/h3-6,14-15H,7-13H2,1-2H3,(H,19,20);1H. The van der Waals surface area contributed by atoms with Crippen molar-refractivity contribution in [1.29, 1.82) is 0 Å². The monoisotopic (exact) mass is 477 g/mol. The van der Waals surface area contributed by atoms with Gasteiger partial charge in [-0.2, -0.15) is 0 Å². The normalized spacial score (nSPS) is 22.0. The lowest BCUT2D eigenvalue weighted by molar-refractivity contribution is 0.568. The number of hydrogen-bond acceptors (Lipinski definition) is 3.